The van der Waals surface area contributed by atoms with E-state index in [9.17, 15) is 4.79 Å². The first-order valence-corrected chi connectivity index (χ1v) is 5.59. The molecule has 4 nitrogen and oxygen atoms in total. The second-order valence-electron chi connectivity index (χ2n) is 3.74. The highest BCUT2D eigenvalue weighted by Crippen LogP contribution is 2.24. The van der Waals surface area contributed by atoms with Gasteiger partial charge in [0.2, 0.25) is 0 Å². The number of anilines is 2. The van der Waals surface area contributed by atoms with E-state index < -0.39 is 0 Å². The molecule has 0 radical (unpaired) electrons. The van der Waals surface area contributed by atoms with Gasteiger partial charge in [0.25, 0.3) is 5.91 Å². The van der Waals surface area contributed by atoms with Crippen LogP contribution in [-0.2, 0) is 0 Å². The minimum absolute atomic E-state index is 0.108. The number of phenols is 1. The number of halogens is 1. The van der Waals surface area contributed by atoms with E-state index in [1.807, 2.05) is 0 Å². The quantitative estimate of drug-likeness (QED) is 0.729. The van der Waals surface area contributed by atoms with Crippen molar-refractivity contribution >= 4 is 28.9 Å². The molecule has 0 atom stereocenters. The Morgan fingerprint density at radius 3 is 2.44 bits per heavy atom. The van der Waals surface area contributed by atoms with Gasteiger partial charge < -0.3 is 16.2 Å². The van der Waals surface area contributed by atoms with E-state index in [1.54, 1.807) is 18.2 Å². The fourth-order valence-corrected chi connectivity index (χ4v) is 1.68. The minimum Gasteiger partial charge on any atom is -0.508 e. The number of phenolic OH excluding ortho intramolecular Hbond substituents is 1. The molecule has 0 aliphatic rings. The number of carbonyl (C=O) groups is 1. The van der Waals surface area contributed by atoms with E-state index in [1.165, 1.54) is 24.3 Å². The van der Waals surface area contributed by atoms with E-state index in [-0.39, 0.29) is 11.7 Å². The van der Waals surface area contributed by atoms with Crippen molar-refractivity contribution in [2.75, 3.05) is 11.1 Å². The van der Waals surface area contributed by atoms with Gasteiger partial charge in [-0.1, -0.05) is 11.6 Å². The van der Waals surface area contributed by atoms with Gasteiger partial charge in [0.15, 0.2) is 0 Å². The molecule has 0 aliphatic heterocycles. The summed E-state index contributed by atoms with van der Waals surface area (Å²) < 4.78 is 0. The number of carbonyl (C=O) groups excluding carboxylic acids is 1. The summed E-state index contributed by atoms with van der Waals surface area (Å²) in [6, 6.07) is 10.8. The fourth-order valence-electron chi connectivity index (χ4n) is 1.44. The van der Waals surface area contributed by atoms with Gasteiger partial charge in [-0.2, -0.15) is 0 Å². The molecule has 0 spiro atoms. The molecule has 0 fully saturated rings. The molecule has 0 saturated heterocycles. The highest BCUT2D eigenvalue weighted by molar-refractivity contribution is 6.34. The molecular weight excluding hydrogens is 252 g/mol. The average molecular weight is 263 g/mol. The van der Waals surface area contributed by atoms with Crippen molar-refractivity contribution in [1.29, 1.82) is 0 Å². The largest absolute Gasteiger partial charge is 0.508 e. The Morgan fingerprint density at radius 1 is 1.17 bits per heavy atom. The maximum Gasteiger partial charge on any atom is 0.255 e. The third kappa shape index (κ3) is 2.73. The lowest BCUT2D eigenvalue weighted by Gasteiger charge is -2.07. The van der Waals surface area contributed by atoms with E-state index in [0.29, 0.717) is 22.0 Å². The summed E-state index contributed by atoms with van der Waals surface area (Å²) in [5.74, 6) is -0.196. The van der Waals surface area contributed by atoms with Crippen LogP contribution >= 0.6 is 11.6 Å². The summed E-state index contributed by atoms with van der Waals surface area (Å²) in [5.41, 5.74) is 7.01. The number of hydrogen-bond acceptors (Lipinski definition) is 3. The monoisotopic (exact) mass is 262 g/mol. The average Bonchev–Trinajstić information content (AvgIpc) is 2.33. The molecule has 2 aromatic rings. The highest BCUT2D eigenvalue weighted by Gasteiger charge is 2.08. The van der Waals surface area contributed by atoms with E-state index in [4.69, 9.17) is 22.4 Å². The molecule has 0 bridgehead atoms. The number of hydrogen-bond donors (Lipinski definition) is 3. The lowest BCUT2D eigenvalue weighted by Crippen LogP contribution is -2.12. The zero-order chi connectivity index (χ0) is 13.1. The van der Waals surface area contributed by atoms with Crippen LogP contribution in [0.3, 0.4) is 0 Å². The minimum atomic E-state index is -0.304. The van der Waals surface area contributed by atoms with Crippen LogP contribution in [0.4, 0.5) is 11.4 Å². The number of nitrogens with one attached hydrogen (secondary N) is 1. The molecule has 92 valence electrons. The molecule has 0 unspecified atom stereocenters. The summed E-state index contributed by atoms with van der Waals surface area (Å²) in [7, 11) is 0. The molecule has 2 aromatic carbocycles. The first-order chi connectivity index (χ1) is 8.56. The molecule has 0 saturated carbocycles. The maximum atomic E-state index is 11.9. The summed E-state index contributed by atoms with van der Waals surface area (Å²) >= 11 is 5.95. The summed E-state index contributed by atoms with van der Waals surface area (Å²) in [5, 5.41) is 12.2. The van der Waals surface area contributed by atoms with Crippen molar-refractivity contribution in [3.63, 3.8) is 0 Å². The van der Waals surface area contributed by atoms with Crippen LogP contribution in [0.1, 0.15) is 10.4 Å². The van der Waals surface area contributed by atoms with Gasteiger partial charge in [0.1, 0.15) is 5.75 Å². The molecule has 0 aliphatic carbocycles. The van der Waals surface area contributed by atoms with Crippen LogP contribution in [-0.4, -0.2) is 11.0 Å². The van der Waals surface area contributed by atoms with Crippen LogP contribution < -0.4 is 11.1 Å². The van der Waals surface area contributed by atoms with Gasteiger partial charge in [-0.05, 0) is 42.5 Å². The molecule has 0 aromatic heterocycles. The van der Waals surface area contributed by atoms with Crippen molar-refractivity contribution < 1.29 is 9.90 Å². The first-order valence-electron chi connectivity index (χ1n) is 5.21. The van der Waals surface area contributed by atoms with Crippen molar-refractivity contribution in [2.45, 2.75) is 0 Å². The van der Waals surface area contributed by atoms with E-state index >= 15 is 0 Å². The number of nitrogen functional groups attached to an aromatic ring is 1. The van der Waals surface area contributed by atoms with Crippen LogP contribution in [0.25, 0.3) is 0 Å². The number of nitrogens with two attached hydrogens (primary N) is 1. The third-order valence-electron chi connectivity index (χ3n) is 2.37. The molecule has 2 rings (SSSR count). The number of benzene rings is 2. The van der Waals surface area contributed by atoms with Crippen molar-refractivity contribution in [3.8, 4) is 5.75 Å². The lowest BCUT2D eigenvalue weighted by molar-refractivity contribution is 0.102. The second kappa shape index (κ2) is 4.98. The zero-order valence-corrected chi connectivity index (χ0v) is 10.1. The Kier molecular flexibility index (Phi) is 3.39. The summed E-state index contributed by atoms with van der Waals surface area (Å²) in [6.45, 7) is 0. The van der Waals surface area contributed by atoms with Crippen LogP contribution in [0.2, 0.25) is 5.02 Å². The predicted octanol–water partition coefficient (Wildman–Crippen LogP) is 2.88. The third-order valence-corrected chi connectivity index (χ3v) is 2.68. The Morgan fingerprint density at radius 2 is 1.83 bits per heavy atom. The van der Waals surface area contributed by atoms with Gasteiger partial charge in [0, 0.05) is 11.3 Å². The highest BCUT2D eigenvalue weighted by atomic mass is 35.5. The molecular formula is C13H11ClN2O2. The van der Waals surface area contributed by atoms with Gasteiger partial charge in [-0.25, -0.2) is 0 Å². The van der Waals surface area contributed by atoms with E-state index in [2.05, 4.69) is 5.32 Å². The van der Waals surface area contributed by atoms with Crippen molar-refractivity contribution in [2.24, 2.45) is 0 Å². The standard InChI is InChI=1S/C13H11ClN2O2/c14-11-7-9(15)3-6-12(11)16-13(18)8-1-4-10(17)5-2-8/h1-7,17H,15H2,(H,16,18). The topological polar surface area (TPSA) is 75.3 Å². The number of rotatable bonds is 2. The normalized spacial score (nSPS) is 10.1. The fraction of sp³-hybridized carbons (Fsp3) is 0. The summed E-state index contributed by atoms with van der Waals surface area (Å²) in [6.07, 6.45) is 0. The molecule has 4 N–H and O–H groups in total. The molecule has 18 heavy (non-hydrogen) atoms. The Balaban J connectivity index is 2.18. The van der Waals surface area contributed by atoms with Crippen LogP contribution in [0.15, 0.2) is 42.5 Å². The Labute approximate surface area is 109 Å². The maximum absolute atomic E-state index is 11.9. The SMILES string of the molecule is Nc1ccc(NC(=O)c2ccc(O)cc2)c(Cl)c1. The Hall–Kier alpha value is -2.20. The second-order valence-corrected chi connectivity index (χ2v) is 4.15. The van der Waals surface area contributed by atoms with Crippen LogP contribution in [0.5, 0.6) is 5.75 Å². The zero-order valence-electron chi connectivity index (χ0n) is 9.35. The summed E-state index contributed by atoms with van der Waals surface area (Å²) in [4.78, 5) is 11.9. The van der Waals surface area contributed by atoms with Crippen molar-refractivity contribution in [3.05, 3.63) is 53.1 Å². The number of aromatic hydroxyl groups is 1. The Bertz CT molecular complexity index is 582. The molecule has 1 amide bonds. The number of amides is 1. The van der Waals surface area contributed by atoms with Gasteiger partial charge in [-0.3, -0.25) is 4.79 Å². The predicted molar refractivity (Wildman–Crippen MR) is 71.9 cm³/mol. The molecule has 0 heterocycles. The first kappa shape index (κ1) is 12.3. The van der Waals surface area contributed by atoms with Crippen molar-refractivity contribution in [1.82, 2.24) is 0 Å². The van der Waals surface area contributed by atoms with Crippen LogP contribution in [0, 0.1) is 0 Å². The lowest BCUT2D eigenvalue weighted by atomic mass is 10.2. The smallest absolute Gasteiger partial charge is 0.255 e. The van der Waals surface area contributed by atoms with E-state index in [0.717, 1.165) is 0 Å². The molecule has 5 heteroatoms. The van der Waals surface area contributed by atoms with Gasteiger partial charge >= 0.3 is 0 Å². The van der Waals surface area contributed by atoms with Gasteiger partial charge in [-0.15, -0.1) is 0 Å². The van der Waals surface area contributed by atoms with Gasteiger partial charge in [0.05, 0.1) is 10.7 Å².